The fraction of sp³-hybridized carbons (Fsp3) is 0.833. The highest BCUT2D eigenvalue weighted by Gasteiger charge is 2.25. The van der Waals surface area contributed by atoms with E-state index >= 15 is 0 Å². The summed E-state index contributed by atoms with van der Waals surface area (Å²) < 4.78 is 5.65. The van der Waals surface area contributed by atoms with Gasteiger partial charge in [-0.15, -0.1) is 0 Å². The number of carbonyl (C=O) groups is 2. The van der Waals surface area contributed by atoms with Crippen LogP contribution in [-0.2, 0) is 14.3 Å². The Hall–Kier alpha value is -0.570. The molecular formula is C12H20B2O3. The van der Waals surface area contributed by atoms with Gasteiger partial charge in [0.15, 0.2) is 15.7 Å². The van der Waals surface area contributed by atoms with Crippen LogP contribution in [-0.4, -0.2) is 39.3 Å². The second kappa shape index (κ2) is 6.39. The first kappa shape index (κ1) is 16.4. The van der Waals surface area contributed by atoms with Crippen molar-refractivity contribution in [3.63, 3.8) is 0 Å². The Balaban J connectivity index is 4.02. The van der Waals surface area contributed by atoms with Crippen molar-refractivity contribution in [2.45, 2.75) is 52.6 Å². The Labute approximate surface area is 106 Å². The standard InChI is InChI=1S/C12H20B2O3/c1-11(2,10(14)16)7-8-17-12(3,4)6-5-9(13)15/h5-8H2,1-4H3. The summed E-state index contributed by atoms with van der Waals surface area (Å²) in [6.07, 6.45) is 1.42. The first-order valence-corrected chi connectivity index (χ1v) is 5.79. The Morgan fingerprint density at radius 2 is 1.59 bits per heavy atom. The van der Waals surface area contributed by atoms with Gasteiger partial charge in [0, 0.05) is 12.0 Å². The molecule has 0 fully saturated rings. The van der Waals surface area contributed by atoms with Crippen molar-refractivity contribution in [1.82, 2.24) is 0 Å². The van der Waals surface area contributed by atoms with E-state index in [1.807, 2.05) is 13.8 Å². The largest absolute Gasteiger partial charge is 0.376 e. The van der Waals surface area contributed by atoms with Crippen LogP contribution in [0.25, 0.3) is 0 Å². The van der Waals surface area contributed by atoms with E-state index in [0.717, 1.165) is 0 Å². The molecule has 0 bridgehead atoms. The third-order valence-corrected chi connectivity index (χ3v) is 2.86. The maximum atomic E-state index is 11.1. The Bertz CT molecular complexity index is 285. The molecule has 0 aliphatic heterocycles. The molecule has 0 N–H and O–H groups in total. The fourth-order valence-electron chi connectivity index (χ4n) is 1.20. The van der Waals surface area contributed by atoms with Gasteiger partial charge in [-0.05, 0) is 33.1 Å². The third kappa shape index (κ3) is 7.37. The van der Waals surface area contributed by atoms with Crippen LogP contribution >= 0.6 is 0 Å². The predicted octanol–water partition coefficient (Wildman–Crippen LogP) is 1.37. The first-order valence-electron chi connectivity index (χ1n) is 5.79. The van der Waals surface area contributed by atoms with E-state index in [2.05, 4.69) is 0 Å². The molecule has 0 aromatic rings. The summed E-state index contributed by atoms with van der Waals surface area (Å²) in [5, 5.41) is 0. The third-order valence-electron chi connectivity index (χ3n) is 2.86. The normalized spacial score (nSPS) is 12.5. The molecule has 0 rings (SSSR count). The summed E-state index contributed by atoms with van der Waals surface area (Å²) >= 11 is 0. The number of hydrogen-bond acceptors (Lipinski definition) is 3. The summed E-state index contributed by atoms with van der Waals surface area (Å²) in [6.45, 7) is 7.80. The molecule has 92 valence electrons. The zero-order chi connectivity index (χ0) is 13.7. The van der Waals surface area contributed by atoms with Crippen LogP contribution < -0.4 is 0 Å². The van der Waals surface area contributed by atoms with Crippen LogP contribution in [0.1, 0.15) is 47.0 Å². The van der Waals surface area contributed by atoms with Crippen molar-refractivity contribution >= 4 is 27.1 Å². The lowest BCUT2D eigenvalue weighted by Gasteiger charge is -2.28. The van der Waals surface area contributed by atoms with E-state index in [1.54, 1.807) is 13.8 Å². The van der Waals surface area contributed by atoms with Crippen molar-refractivity contribution in [3.05, 3.63) is 0 Å². The Morgan fingerprint density at radius 1 is 1.06 bits per heavy atom. The van der Waals surface area contributed by atoms with Gasteiger partial charge in [0.1, 0.15) is 0 Å². The van der Waals surface area contributed by atoms with Crippen molar-refractivity contribution in [3.8, 4) is 0 Å². The van der Waals surface area contributed by atoms with Gasteiger partial charge in [-0.25, -0.2) is 0 Å². The lowest BCUT2D eigenvalue weighted by Crippen LogP contribution is -2.30. The van der Waals surface area contributed by atoms with Gasteiger partial charge < -0.3 is 14.3 Å². The summed E-state index contributed by atoms with van der Waals surface area (Å²) in [4.78, 5) is 21.8. The highest BCUT2D eigenvalue weighted by molar-refractivity contribution is 6.58. The van der Waals surface area contributed by atoms with E-state index in [-0.39, 0.29) is 11.4 Å². The second-order valence-corrected chi connectivity index (χ2v) is 5.57. The molecule has 0 saturated carbocycles. The molecule has 5 heteroatoms. The minimum Gasteiger partial charge on any atom is -0.376 e. The maximum absolute atomic E-state index is 11.1. The molecule has 0 saturated heterocycles. The summed E-state index contributed by atoms with van der Waals surface area (Å²) in [5.74, 6) is 0. The number of ether oxygens (including phenoxy) is 1. The van der Waals surface area contributed by atoms with Gasteiger partial charge >= 0.3 is 0 Å². The molecule has 17 heavy (non-hydrogen) atoms. The molecule has 0 atom stereocenters. The average molecular weight is 234 g/mol. The SMILES string of the molecule is [B]C(=O)CCC(C)(C)OCCC(C)(C)C([B])=O. The van der Waals surface area contributed by atoms with Crippen LogP contribution in [0.15, 0.2) is 0 Å². The molecule has 0 aliphatic rings. The monoisotopic (exact) mass is 234 g/mol. The van der Waals surface area contributed by atoms with Crippen LogP contribution in [0, 0.1) is 5.41 Å². The van der Waals surface area contributed by atoms with Crippen LogP contribution in [0.2, 0.25) is 0 Å². The highest BCUT2D eigenvalue weighted by atomic mass is 16.5. The van der Waals surface area contributed by atoms with Gasteiger partial charge in [-0.3, -0.25) is 0 Å². The first-order chi connectivity index (χ1) is 7.57. The number of rotatable bonds is 8. The lowest BCUT2D eigenvalue weighted by atomic mass is 9.75. The minimum atomic E-state index is -0.570. The van der Waals surface area contributed by atoms with E-state index in [1.165, 1.54) is 0 Å². The Morgan fingerprint density at radius 3 is 2.00 bits per heavy atom. The molecule has 4 radical (unpaired) electrons. The van der Waals surface area contributed by atoms with E-state index < -0.39 is 11.0 Å². The van der Waals surface area contributed by atoms with Gasteiger partial charge in [-0.2, -0.15) is 0 Å². The number of hydrogen-bond donors (Lipinski definition) is 0. The van der Waals surface area contributed by atoms with Gasteiger partial charge in [0.25, 0.3) is 0 Å². The summed E-state index contributed by atoms with van der Waals surface area (Å²) in [5.41, 5.74) is -1.65. The molecule has 3 nitrogen and oxygen atoms in total. The molecule has 0 spiro atoms. The minimum absolute atomic E-state index is 0.298. The van der Waals surface area contributed by atoms with E-state index in [0.29, 0.717) is 25.9 Å². The van der Waals surface area contributed by atoms with Crippen molar-refractivity contribution in [2.24, 2.45) is 5.41 Å². The van der Waals surface area contributed by atoms with Crippen LogP contribution in [0.4, 0.5) is 0 Å². The molecule has 0 aromatic carbocycles. The van der Waals surface area contributed by atoms with Crippen molar-refractivity contribution in [1.29, 1.82) is 0 Å². The number of carbonyl (C=O) groups excluding carboxylic acids is 2. The second-order valence-electron chi connectivity index (χ2n) is 5.57. The zero-order valence-electron chi connectivity index (χ0n) is 11.2. The van der Waals surface area contributed by atoms with Gasteiger partial charge in [0.2, 0.25) is 0 Å². The van der Waals surface area contributed by atoms with Crippen LogP contribution in [0.3, 0.4) is 0 Å². The van der Waals surface area contributed by atoms with E-state index in [9.17, 15) is 9.59 Å². The zero-order valence-corrected chi connectivity index (χ0v) is 11.2. The van der Waals surface area contributed by atoms with Crippen molar-refractivity contribution < 1.29 is 14.3 Å². The molecule has 0 heterocycles. The highest BCUT2D eigenvalue weighted by Crippen LogP contribution is 2.23. The van der Waals surface area contributed by atoms with Gasteiger partial charge in [-0.1, -0.05) is 13.8 Å². The molecule has 0 unspecified atom stereocenters. The molecular weight excluding hydrogens is 214 g/mol. The topological polar surface area (TPSA) is 43.4 Å². The predicted molar refractivity (Wildman–Crippen MR) is 69.2 cm³/mol. The lowest BCUT2D eigenvalue weighted by molar-refractivity contribution is -0.121. The molecule has 0 amide bonds. The molecule has 0 aromatic heterocycles. The fourth-order valence-corrected chi connectivity index (χ4v) is 1.20. The average Bonchev–Trinajstić information content (AvgIpc) is 2.14. The Kier molecular flexibility index (Phi) is 6.17. The van der Waals surface area contributed by atoms with E-state index in [4.69, 9.17) is 20.4 Å². The van der Waals surface area contributed by atoms with Crippen LogP contribution in [0.5, 0.6) is 0 Å². The maximum Gasteiger partial charge on any atom is 0.168 e. The summed E-state index contributed by atoms with van der Waals surface area (Å²) in [7, 11) is 10.3. The van der Waals surface area contributed by atoms with Gasteiger partial charge in [0.05, 0.1) is 17.0 Å². The van der Waals surface area contributed by atoms with Crippen molar-refractivity contribution in [2.75, 3.05) is 6.61 Å². The summed E-state index contributed by atoms with van der Waals surface area (Å²) in [6, 6.07) is 0. The molecule has 0 aliphatic carbocycles. The smallest absolute Gasteiger partial charge is 0.168 e. The quantitative estimate of drug-likeness (QED) is 0.595.